The number of benzene rings is 1. The van der Waals surface area contributed by atoms with Gasteiger partial charge in [0.25, 0.3) is 0 Å². The van der Waals surface area contributed by atoms with Crippen LogP contribution >= 0.6 is 0 Å². The lowest BCUT2D eigenvalue weighted by atomic mass is 10.0. The van der Waals surface area contributed by atoms with Crippen molar-refractivity contribution in [3.05, 3.63) is 47.7 Å². The van der Waals surface area contributed by atoms with Crippen molar-refractivity contribution >= 4 is 0 Å². The maximum absolute atomic E-state index is 14.2. The predicted molar refractivity (Wildman–Crippen MR) is 76.6 cm³/mol. The van der Waals surface area contributed by atoms with E-state index < -0.39 is 17.7 Å². The summed E-state index contributed by atoms with van der Waals surface area (Å²) in [6, 6.07) is 2.14. The van der Waals surface area contributed by atoms with Gasteiger partial charge in [0.15, 0.2) is 17.7 Å². The van der Waals surface area contributed by atoms with Crippen LogP contribution in [0.1, 0.15) is 30.9 Å². The van der Waals surface area contributed by atoms with E-state index in [9.17, 15) is 8.78 Å². The van der Waals surface area contributed by atoms with E-state index in [1.54, 1.807) is 0 Å². The molecule has 6 heteroatoms. The van der Waals surface area contributed by atoms with Gasteiger partial charge in [0.1, 0.15) is 12.1 Å². The zero-order chi connectivity index (χ0) is 15.5. The summed E-state index contributed by atoms with van der Waals surface area (Å²) < 4.78 is 38.8. The first kappa shape index (κ1) is 15.0. The van der Waals surface area contributed by atoms with E-state index in [1.165, 1.54) is 18.5 Å². The van der Waals surface area contributed by atoms with Gasteiger partial charge in [-0.15, -0.1) is 0 Å². The summed E-state index contributed by atoms with van der Waals surface area (Å²) in [6.45, 7) is 3.45. The number of aromatic nitrogens is 1. The Labute approximate surface area is 127 Å². The van der Waals surface area contributed by atoms with E-state index in [4.69, 9.17) is 9.15 Å². The van der Waals surface area contributed by atoms with Crippen molar-refractivity contribution in [1.82, 2.24) is 10.3 Å². The van der Waals surface area contributed by atoms with Crippen molar-refractivity contribution in [2.45, 2.75) is 25.9 Å². The third-order valence-electron chi connectivity index (χ3n) is 3.93. The van der Waals surface area contributed by atoms with Crippen LogP contribution in [0.15, 0.2) is 29.0 Å². The highest BCUT2D eigenvalue weighted by Gasteiger charge is 2.32. The molecule has 0 amide bonds. The van der Waals surface area contributed by atoms with E-state index in [0.29, 0.717) is 17.9 Å². The van der Waals surface area contributed by atoms with E-state index in [0.717, 1.165) is 25.6 Å². The summed E-state index contributed by atoms with van der Waals surface area (Å²) in [4.78, 5) is 4.14. The molecule has 0 aliphatic carbocycles. The van der Waals surface area contributed by atoms with Crippen LogP contribution in [0.5, 0.6) is 5.75 Å². The quantitative estimate of drug-likeness (QED) is 0.921. The predicted octanol–water partition coefficient (Wildman–Crippen LogP) is 3.24. The molecular weight excluding hydrogens is 290 g/mol. The molecule has 0 bridgehead atoms. The highest BCUT2D eigenvalue weighted by atomic mass is 19.1. The summed E-state index contributed by atoms with van der Waals surface area (Å²) in [5, 5.41) is 3.25. The molecule has 1 aromatic carbocycles. The molecule has 1 fully saturated rings. The first-order valence-corrected chi connectivity index (χ1v) is 7.43. The molecular formula is C16H18F2N2O2. The zero-order valence-corrected chi connectivity index (χ0v) is 12.3. The van der Waals surface area contributed by atoms with E-state index in [1.807, 2.05) is 6.92 Å². The zero-order valence-electron chi connectivity index (χ0n) is 12.3. The Morgan fingerprint density at radius 3 is 2.95 bits per heavy atom. The van der Waals surface area contributed by atoms with E-state index in [-0.39, 0.29) is 11.7 Å². The second-order valence-corrected chi connectivity index (χ2v) is 5.39. The molecule has 2 heterocycles. The smallest absolute Gasteiger partial charge is 0.235 e. The number of oxazole rings is 1. The molecule has 22 heavy (non-hydrogen) atoms. The largest absolute Gasteiger partial charge is 0.477 e. The fraction of sp³-hybridized carbons (Fsp3) is 0.438. The topological polar surface area (TPSA) is 47.3 Å². The molecule has 0 unspecified atom stereocenters. The third kappa shape index (κ3) is 2.97. The number of rotatable bonds is 5. The molecule has 1 aromatic heterocycles. The Morgan fingerprint density at radius 2 is 2.32 bits per heavy atom. The summed E-state index contributed by atoms with van der Waals surface area (Å²) in [5.74, 6) is -0.664. The first-order valence-electron chi connectivity index (χ1n) is 7.43. The highest BCUT2D eigenvalue weighted by molar-refractivity contribution is 5.36. The standard InChI is InChI=1S/C16H18F2N2O2/c1-2-10-7-12(17)8-13(18)14(10)22-15(11-3-4-19-9-11)16-20-5-6-21-16/h5-8,11,15,19H,2-4,9H2,1H3/t11-,15+/m1/s1. The number of halogens is 2. The molecule has 2 atom stereocenters. The second-order valence-electron chi connectivity index (χ2n) is 5.39. The van der Waals surface area contributed by atoms with Crippen LogP contribution in [-0.4, -0.2) is 18.1 Å². The van der Waals surface area contributed by atoms with Gasteiger partial charge in [-0.1, -0.05) is 6.92 Å². The number of hydrogen-bond donors (Lipinski definition) is 1. The fourth-order valence-electron chi connectivity index (χ4n) is 2.79. The molecule has 3 rings (SSSR count). The van der Waals surface area contributed by atoms with Crippen molar-refractivity contribution < 1.29 is 17.9 Å². The molecule has 1 aliphatic rings. The van der Waals surface area contributed by atoms with Gasteiger partial charge < -0.3 is 14.5 Å². The normalized spacial score (nSPS) is 19.3. The van der Waals surface area contributed by atoms with Gasteiger partial charge in [0.2, 0.25) is 5.89 Å². The van der Waals surface area contributed by atoms with Crippen molar-refractivity contribution in [2.24, 2.45) is 5.92 Å². The Morgan fingerprint density at radius 1 is 1.45 bits per heavy atom. The minimum atomic E-state index is -0.695. The van der Waals surface area contributed by atoms with Gasteiger partial charge in [-0.05, 0) is 31.0 Å². The van der Waals surface area contributed by atoms with Gasteiger partial charge in [0, 0.05) is 18.5 Å². The third-order valence-corrected chi connectivity index (χ3v) is 3.93. The lowest BCUT2D eigenvalue weighted by Crippen LogP contribution is -2.22. The van der Waals surface area contributed by atoms with Crippen molar-refractivity contribution in [3.63, 3.8) is 0 Å². The molecule has 0 spiro atoms. The Balaban J connectivity index is 1.94. The minimum absolute atomic E-state index is 0.0824. The van der Waals surface area contributed by atoms with Gasteiger partial charge in [-0.25, -0.2) is 13.8 Å². The van der Waals surface area contributed by atoms with Crippen LogP contribution < -0.4 is 10.1 Å². The highest BCUT2D eigenvalue weighted by Crippen LogP contribution is 2.34. The molecule has 118 valence electrons. The lowest BCUT2D eigenvalue weighted by Gasteiger charge is -2.23. The molecule has 2 aromatic rings. The summed E-state index contributed by atoms with van der Waals surface area (Å²) >= 11 is 0. The van der Waals surface area contributed by atoms with Gasteiger partial charge in [-0.2, -0.15) is 0 Å². The first-order chi connectivity index (χ1) is 10.7. The van der Waals surface area contributed by atoms with Gasteiger partial charge in [-0.3, -0.25) is 0 Å². The number of hydrogen-bond acceptors (Lipinski definition) is 4. The molecule has 4 nitrogen and oxygen atoms in total. The summed E-state index contributed by atoms with van der Waals surface area (Å²) in [5.41, 5.74) is 0.500. The second kappa shape index (κ2) is 6.44. The Kier molecular flexibility index (Phi) is 4.38. The van der Waals surface area contributed by atoms with E-state index in [2.05, 4.69) is 10.3 Å². The maximum Gasteiger partial charge on any atom is 0.235 e. The van der Waals surface area contributed by atoms with Crippen molar-refractivity contribution in [3.8, 4) is 5.75 Å². The maximum atomic E-state index is 14.2. The van der Waals surface area contributed by atoms with Crippen molar-refractivity contribution in [2.75, 3.05) is 13.1 Å². The average molecular weight is 308 g/mol. The average Bonchev–Trinajstić information content (AvgIpc) is 3.19. The number of nitrogens with one attached hydrogen (secondary N) is 1. The molecule has 0 radical (unpaired) electrons. The van der Waals surface area contributed by atoms with Gasteiger partial charge >= 0.3 is 0 Å². The van der Waals surface area contributed by atoms with Crippen LogP contribution in [0.25, 0.3) is 0 Å². The summed E-state index contributed by atoms with van der Waals surface area (Å²) in [7, 11) is 0. The summed E-state index contributed by atoms with van der Waals surface area (Å²) in [6.07, 6.45) is 3.88. The molecule has 1 N–H and O–H groups in total. The molecule has 1 aliphatic heterocycles. The Hall–Kier alpha value is -1.95. The van der Waals surface area contributed by atoms with Crippen LogP contribution in [0, 0.1) is 17.6 Å². The minimum Gasteiger partial charge on any atom is -0.477 e. The SMILES string of the molecule is CCc1cc(F)cc(F)c1O[C@H](c1ncco1)[C@@H]1CCNC1. The monoisotopic (exact) mass is 308 g/mol. The van der Waals surface area contributed by atoms with Crippen molar-refractivity contribution in [1.29, 1.82) is 0 Å². The number of nitrogens with zero attached hydrogens (tertiary/aromatic N) is 1. The molecule has 1 saturated heterocycles. The Bertz CT molecular complexity index is 625. The van der Waals surface area contributed by atoms with Gasteiger partial charge in [0.05, 0.1) is 6.20 Å². The van der Waals surface area contributed by atoms with E-state index >= 15 is 0 Å². The van der Waals surface area contributed by atoms with Crippen LogP contribution in [0.2, 0.25) is 0 Å². The lowest BCUT2D eigenvalue weighted by molar-refractivity contribution is 0.108. The fourth-order valence-corrected chi connectivity index (χ4v) is 2.79. The number of ether oxygens (including phenoxy) is 1. The number of aryl methyl sites for hydroxylation is 1. The van der Waals surface area contributed by atoms with Crippen LogP contribution in [0.4, 0.5) is 8.78 Å². The van der Waals surface area contributed by atoms with Crippen LogP contribution in [-0.2, 0) is 6.42 Å². The molecule has 0 saturated carbocycles. The van der Waals surface area contributed by atoms with Crippen LogP contribution in [0.3, 0.4) is 0 Å².